The van der Waals surface area contributed by atoms with Crippen LogP contribution in [-0.4, -0.2) is 29.8 Å². The van der Waals surface area contributed by atoms with E-state index in [1.54, 1.807) is 12.1 Å². The second-order valence-corrected chi connectivity index (χ2v) is 6.23. The standard InChI is InChI=1S/C13H18ClNO2S/c1-17-12-6-10(14)5-9(13(12)16)7-15-8-11-3-2-4-18-11/h5-6,11,15-16H,2-4,7-8H2,1H3. The molecule has 1 heterocycles. The van der Waals surface area contributed by atoms with Gasteiger partial charge in [-0.1, -0.05) is 11.6 Å². The smallest absolute Gasteiger partial charge is 0.162 e. The van der Waals surface area contributed by atoms with Crippen molar-refractivity contribution in [3.8, 4) is 11.5 Å². The number of phenols is 1. The first-order chi connectivity index (χ1) is 8.70. The maximum atomic E-state index is 9.98. The molecule has 0 aliphatic carbocycles. The lowest BCUT2D eigenvalue weighted by atomic mass is 10.1. The fourth-order valence-electron chi connectivity index (χ4n) is 2.09. The molecule has 0 saturated carbocycles. The van der Waals surface area contributed by atoms with Crippen molar-refractivity contribution in [2.24, 2.45) is 0 Å². The summed E-state index contributed by atoms with van der Waals surface area (Å²) in [6, 6.07) is 3.39. The first-order valence-corrected chi connectivity index (χ1v) is 7.51. The van der Waals surface area contributed by atoms with Crippen LogP contribution in [0.3, 0.4) is 0 Å². The molecule has 0 aromatic heterocycles. The number of aromatic hydroxyl groups is 1. The van der Waals surface area contributed by atoms with Crippen molar-refractivity contribution in [2.45, 2.75) is 24.6 Å². The number of ether oxygens (including phenoxy) is 1. The third-order valence-electron chi connectivity index (χ3n) is 3.05. The Morgan fingerprint density at radius 2 is 2.39 bits per heavy atom. The normalized spacial score (nSPS) is 19.1. The first-order valence-electron chi connectivity index (χ1n) is 6.08. The third kappa shape index (κ3) is 3.46. The van der Waals surface area contributed by atoms with Gasteiger partial charge >= 0.3 is 0 Å². The largest absolute Gasteiger partial charge is 0.504 e. The van der Waals surface area contributed by atoms with E-state index in [9.17, 15) is 5.11 Å². The van der Waals surface area contributed by atoms with Crippen LogP contribution >= 0.6 is 23.4 Å². The van der Waals surface area contributed by atoms with Gasteiger partial charge in [-0.2, -0.15) is 11.8 Å². The Bertz CT molecular complexity index is 408. The number of phenolic OH excluding ortho intramolecular Hbond substituents is 1. The number of hydrogen-bond acceptors (Lipinski definition) is 4. The van der Waals surface area contributed by atoms with Gasteiger partial charge in [-0.3, -0.25) is 0 Å². The Morgan fingerprint density at radius 3 is 3.06 bits per heavy atom. The van der Waals surface area contributed by atoms with E-state index >= 15 is 0 Å². The molecular weight excluding hydrogens is 270 g/mol. The Morgan fingerprint density at radius 1 is 1.56 bits per heavy atom. The highest BCUT2D eigenvalue weighted by atomic mass is 35.5. The fourth-order valence-corrected chi connectivity index (χ4v) is 3.56. The van der Waals surface area contributed by atoms with E-state index in [1.807, 2.05) is 11.8 Å². The topological polar surface area (TPSA) is 41.5 Å². The third-order valence-corrected chi connectivity index (χ3v) is 4.67. The summed E-state index contributed by atoms with van der Waals surface area (Å²) in [4.78, 5) is 0. The molecule has 2 rings (SSSR count). The zero-order chi connectivity index (χ0) is 13.0. The van der Waals surface area contributed by atoms with Gasteiger partial charge in [0.25, 0.3) is 0 Å². The van der Waals surface area contributed by atoms with Crippen molar-refractivity contribution < 1.29 is 9.84 Å². The summed E-state index contributed by atoms with van der Waals surface area (Å²) in [6.07, 6.45) is 2.59. The molecule has 1 aliphatic heterocycles. The predicted octanol–water partition coefficient (Wildman–Crippen LogP) is 3.04. The van der Waals surface area contributed by atoms with E-state index in [4.69, 9.17) is 16.3 Å². The lowest BCUT2D eigenvalue weighted by molar-refractivity contribution is 0.369. The molecule has 100 valence electrons. The average molecular weight is 288 g/mol. The zero-order valence-electron chi connectivity index (χ0n) is 10.4. The number of benzene rings is 1. The van der Waals surface area contributed by atoms with Crippen LogP contribution in [-0.2, 0) is 6.54 Å². The molecule has 0 radical (unpaired) electrons. The fraction of sp³-hybridized carbons (Fsp3) is 0.538. The van der Waals surface area contributed by atoms with Crippen LogP contribution in [0, 0.1) is 0 Å². The number of thioether (sulfide) groups is 1. The molecule has 1 fully saturated rings. The summed E-state index contributed by atoms with van der Waals surface area (Å²) in [6.45, 7) is 1.58. The van der Waals surface area contributed by atoms with Crippen LogP contribution in [0.15, 0.2) is 12.1 Å². The maximum absolute atomic E-state index is 9.98. The molecule has 1 saturated heterocycles. The van der Waals surface area contributed by atoms with Gasteiger partial charge in [0.15, 0.2) is 11.5 Å². The van der Waals surface area contributed by atoms with E-state index in [0.29, 0.717) is 22.6 Å². The van der Waals surface area contributed by atoms with Crippen LogP contribution < -0.4 is 10.1 Å². The molecule has 3 nitrogen and oxygen atoms in total. The van der Waals surface area contributed by atoms with Crippen molar-refractivity contribution in [1.82, 2.24) is 5.32 Å². The minimum absolute atomic E-state index is 0.175. The minimum Gasteiger partial charge on any atom is -0.504 e. The van der Waals surface area contributed by atoms with Crippen LogP contribution in [0.25, 0.3) is 0 Å². The molecular formula is C13H18ClNO2S. The number of halogens is 1. The highest BCUT2D eigenvalue weighted by molar-refractivity contribution is 8.00. The predicted molar refractivity (Wildman–Crippen MR) is 76.9 cm³/mol. The van der Waals surface area contributed by atoms with Crippen LogP contribution in [0.1, 0.15) is 18.4 Å². The van der Waals surface area contributed by atoms with Gasteiger partial charge in [0, 0.05) is 35.0 Å². The molecule has 1 aromatic rings. The molecule has 5 heteroatoms. The quantitative estimate of drug-likeness (QED) is 0.873. The average Bonchev–Trinajstić information content (AvgIpc) is 2.86. The molecule has 0 spiro atoms. The highest BCUT2D eigenvalue weighted by Crippen LogP contribution is 2.33. The van der Waals surface area contributed by atoms with Crippen molar-refractivity contribution in [1.29, 1.82) is 0 Å². The second-order valence-electron chi connectivity index (χ2n) is 4.38. The van der Waals surface area contributed by atoms with E-state index in [-0.39, 0.29) is 5.75 Å². The zero-order valence-corrected chi connectivity index (χ0v) is 12.0. The van der Waals surface area contributed by atoms with Gasteiger partial charge in [-0.15, -0.1) is 0 Å². The number of nitrogens with one attached hydrogen (secondary N) is 1. The molecule has 18 heavy (non-hydrogen) atoms. The van der Waals surface area contributed by atoms with E-state index in [1.165, 1.54) is 25.7 Å². The van der Waals surface area contributed by atoms with Crippen LogP contribution in [0.2, 0.25) is 5.02 Å². The second kappa shape index (κ2) is 6.55. The Labute approximate surface area is 117 Å². The monoisotopic (exact) mass is 287 g/mol. The van der Waals surface area contributed by atoms with Gasteiger partial charge in [0.05, 0.1) is 7.11 Å². The van der Waals surface area contributed by atoms with Gasteiger partial charge in [-0.25, -0.2) is 0 Å². The van der Waals surface area contributed by atoms with Crippen molar-refractivity contribution in [3.63, 3.8) is 0 Å². The van der Waals surface area contributed by atoms with Gasteiger partial charge < -0.3 is 15.2 Å². The summed E-state index contributed by atoms with van der Waals surface area (Å²) in [5, 5.41) is 14.6. The summed E-state index contributed by atoms with van der Waals surface area (Å²) in [5.41, 5.74) is 0.780. The van der Waals surface area contributed by atoms with Gasteiger partial charge in [-0.05, 0) is 24.7 Å². The van der Waals surface area contributed by atoms with Crippen LogP contribution in [0.4, 0.5) is 0 Å². The molecule has 0 amide bonds. The lowest BCUT2D eigenvalue weighted by Crippen LogP contribution is -2.22. The summed E-state index contributed by atoms with van der Waals surface area (Å²) >= 11 is 8.00. The number of rotatable bonds is 5. The number of hydrogen-bond donors (Lipinski definition) is 2. The Kier molecular flexibility index (Phi) is 5.03. The first kappa shape index (κ1) is 13.8. The molecule has 1 aromatic carbocycles. The lowest BCUT2D eigenvalue weighted by Gasteiger charge is -2.13. The summed E-state index contributed by atoms with van der Waals surface area (Å²) in [7, 11) is 1.53. The van der Waals surface area contributed by atoms with Crippen LogP contribution in [0.5, 0.6) is 11.5 Å². The van der Waals surface area contributed by atoms with E-state index in [0.717, 1.165) is 12.1 Å². The van der Waals surface area contributed by atoms with Crippen molar-refractivity contribution in [2.75, 3.05) is 19.4 Å². The molecule has 1 atom stereocenters. The molecule has 1 unspecified atom stereocenters. The Hall–Kier alpha value is -0.580. The van der Waals surface area contributed by atoms with E-state index < -0.39 is 0 Å². The SMILES string of the molecule is COc1cc(Cl)cc(CNCC2CCCS2)c1O. The van der Waals surface area contributed by atoms with Gasteiger partial charge in [0.2, 0.25) is 0 Å². The summed E-state index contributed by atoms with van der Waals surface area (Å²) in [5.74, 6) is 1.87. The molecule has 1 aliphatic rings. The summed E-state index contributed by atoms with van der Waals surface area (Å²) < 4.78 is 5.08. The van der Waals surface area contributed by atoms with Crippen molar-refractivity contribution in [3.05, 3.63) is 22.7 Å². The van der Waals surface area contributed by atoms with Gasteiger partial charge in [0.1, 0.15) is 0 Å². The minimum atomic E-state index is 0.175. The highest BCUT2D eigenvalue weighted by Gasteiger charge is 2.15. The Balaban J connectivity index is 1.93. The maximum Gasteiger partial charge on any atom is 0.162 e. The number of methoxy groups -OCH3 is 1. The molecule has 2 N–H and O–H groups in total. The molecule has 0 bridgehead atoms. The van der Waals surface area contributed by atoms with Crippen molar-refractivity contribution >= 4 is 23.4 Å². The van der Waals surface area contributed by atoms with E-state index in [2.05, 4.69) is 5.32 Å².